The second-order valence-corrected chi connectivity index (χ2v) is 5.55. The number of nitrogens with one attached hydrogen (secondary N) is 1. The summed E-state index contributed by atoms with van der Waals surface area (Å²) in [6.07, 6.45) is 1.37. The molecule has 0 aliphatic rings. The van der Waals surface area contributed by atoms with Crippen LogP contribution in [0.15, 0.2) is 47.5 Å². The van der Waals surface area contributed by atoms with Crippen LogP contribution in [0.25, 0.3) is 0 Å². The fourth-order valence-corrected chi connectivity index (χ4v) is 2.69. The van der Waals surface area contributed by atoms with Crippen molar-refractivity contribution in [2.75, 3.05) is 10.5 Å². The minimum absolute atomic E-state index is 0.0751. The number of halogens is 2. The molecule has 1 aromatic heterocycles. The van der Waals surface area contributed by atoms with Gasteiger partial charge in [0.2, 0.25) is 0 Å². The molecule has 21 heavy (non-hydrogen) atoms. The Hall–Kier alpha value is -2.42. The molecular weight excluding hydrogens is 304 g/mol. The van der Waals surface area contributed by atoms with Gasteiger partial charge in [0.25, 0.3) is 10.0 Å². The Morgan fingerprint density at radius 3 is 2.43 bits per heavy atom. The summed E-state index contributed by atoms with van der Waals surface area (Å²) in [5, 5.41) is 0. The summed E-state index contributed by atoms with van der Waals surface area (Å²) < 4.78 is 54.6. The maximum Gasteiger partial charge on any atom is 0.387 e. The van der Waals surface area contributed by atoms with E-state index in [0.29, 0.717) is 0 Å². The first-order valence-corrected chi connectivity index (χ1v) is 7.15. The van der Waals surface area contributed by atoms with E-state index in [2.05, 4.69) is 14.4 Å². The van der Waals surface area contributed by atoms with Gasteiger partial charge in [-0.2, -0.15) is 8.78 Å². The number of pyridine rings is 1. The highest BCUT2D eigenvalue weighted by molar-refractivity contribution is 7.92. The molecule has 6 nitrogen and oxygen atoms in total. The molecular formula is C12H11F2N3O3S. The SMILES string of the molecule is Nc1ncccc1S(=O)(=O)Nc1ccc(OC(F)F)cc1. The molecule has 2 aromatic rings. The average Bonchev–Trinajstić information content (AvgIpc) is 2.40. The van der Waals surface area contributed by atoms with Gasteiger partial charge in [0.05, 0.1) is 0 Å². The van der Waals surface area contributed by atoms with Gasteiger partial charge in [0.15, 0.2) is 0 Å². The van der Waals surface area contributed by atoms with E-state index in [0.717, 1.165) is 0 Å². The van der Waals surface area contributed by atoms with Crippen LogP contribution in [0.3, 0.4) is 0 Å². The highest BCUT2D eigenvalue weighted by Crippen LogP contribution is 2.22. The van der Waals surface area contributed by atoms with Crippen molar-refractivity contribution in [3.05, 3.63) is 42.6 Å². The number of nitrogens with two attached hydrogens (primary N) is 1. The summed E-state index contributed by atoms with van der Waals surface area (Å²) in [6, 6.07) is 7.76. The lowest BCUT2D eigenvalue weighted by Crippen LogP contribution is -2.15. The first-order chi connectivity index (χ1) is 9.88. The predicted octanol–water partition coefficient (Wildman–Crippen LogP) is 2.07. The number of ether oxygens (including phenoxy) is 1. The maximum absolute atomic E-state index is 12.1. The number of sulfonamides is 1. The number of alkyl halides is 2. The summed E-state index contributed by atoms with van der Waals surface area (Å²) in [7, 11) is -3.91. The van der Waals surface area contributed by atoms with Gasteiger partial charge >= 0.3 is 6.61 Å². The van der Waals surface area contributed by atoms with Crippen LogP contribution < -0.4 is 15.2 Å². The van der Waals surface area contributed by atoms with E-state index in [9.17, 15) is 17.2 Å². The third-order valence-corrected chi connectivity index (χ3v) is 3.85. The van der Waals surface area contributed by atoms with Crippen LogP contribution >= 0.6 is 0 Å². The highest BCUT2D eigenvalue weighted by Gasteiger charge is 2.18. The molecule has 0 radical (unpaired) electrons. The molecule has 2 rings (SSSR count). The van der Waals surface area contributed by atoms with Crippen LogP contribution in [0.4, 0.5) is 20.3 Å². The van der Waals surface area contributed by atoms with Crippen LogP contribution in [0.1, 0.15) is 0 Å². The van der Waals surface area contributed by atoms with E-state index in [4.69, 9.17) is 5.73 Å². The minimum Gasteiger partial charge on any atom is -0.435 e. The van der Waals surface area contributed by atoms with Gasteiger partial charge in [-0.05, 0) is 36.4 Å². The van der Waals surface area contributed by atoms with E-state index >= 15 is 0 Å². The lowest BCUT2D eigenvalue weighted by molar-refractivity contribution is -0.0498. The molecule has 0 aliphatic carbocycles. The second-order valence-electron chi connectivity index (χ2n) is 3.90. The molecule has 0 bridgehead atoms. The number of aromatic nitrogens is 1. The first kappa shape index (κ1) is 15.0. The molecule has 1 aromatic carbocycles. The Balaban J connectivity index is 2.19. The summed E-state index contributed by atoms with van der Waals surface area (Å²) in [5.74, 6) is -0.212. The molecule has 9 heteroatoms. The monoisotopic (exact) mass is 315 g/mol. The molecule has 112 valence electrons. The lowest BCUT2D eigenvalue weighted by Gasteiger charge is -2.10. The van der Waals surface area contributed by atoms with Gasteiger partial charge in [0, 0.05) is 11.9 Å². The van der Waals surface area contributed by atoms with Crippen molar-refractivity contribution in [2.24, 2.45) is 0 Å². The molecule has 0 aliphatic heterocycles. The van der Waals surface area contributed by atoms with E-state index in [1.165, 1.54) is 42.6 Å². The van der Waals surface area contributed by atoms with Gasteiger partial charge in [0.1, 0.15) is 16.5 Å². The van der Waals surface area contributed by atoms with Crippen molar-refractivity contribution in [3.63, 3.8) is 0 Å². The number of benzene rings is 1. The zero-order valence-electron chi connectivity index (χ0n) is 10.5. The van der Waals surface area contributed by atoms with Crippen molar-refractivity contribution >= 4 is 21.5 Å². The molecule has 0 unspecified atom stereocenters. The summed E-state index contributed by atoms with van der Waals surface area (Å²) in [5.41, 5.74) is 5.69. The number of anilines is 2. The van der Waals surface area contributed by atoms with Gasteiger partial charge in [-0.25, -0.2) is 13.4 Å². The Morgan fingerprint density at radius 2 is 1.86 bits per heavy atom. The molecule has 3 N–H and O–H groups in total. The van der Waals surface area contributed by atoms with Crippen LogP contribution in [0.5, 0.6) is 5.75 Å². The smallest absolute Gasteiger partial charge is 0.387 e. The highest BCUT2D eigenvalue weighted by atomic mass is 32.2. The summed E-state index contributed by atoms with van der Waals surface area (Å²) >= 11 is 0. The number of nitrogen functional groups attached to an aromatic ring is 1. The van der Waals surface area contributed by atoms with Crippen molar-refractivity contribution in [1.29, 1.82) is 0 Å². The molecule has 0 atom stereocenters. The van der Waals surface area contributed by atoms with E-state index in [1.807, 2.05) is 0 Å². The predicted molar refractivity (Wildman–Crippen MR) is 72.5 cm³/mol. The van der Waals surface area contributed by atoms with Crippen molar-refractivity contribution in [1.82, 2.24) is 4.98 Å². The quantitative estimate of drug-likeness (QED) is 0.881. The number of nitrogens with zero attached hydrogens (tertiary/aromatic N) is 1. The van der Waals surface area contributed by atoms with Crippen molar-refractivity contribution < 1.29 is 21.9 Å². The normalized spacial score (nSPS) is 11.4. The largest absolute Gasteiger partial charge is 0.435 e. The number of hydrogen-bond acceptors (Lipinski definition) is 5. The Bertz CT molecular complexity index is 721. The topological polar surface area (TPSA) is 94.3 Å². The zero-order valence-corrected chi connectivity index (χ0v) is 11.3. The van der Waals surface area contributed by atoms with Gasteiger partial charge < -0.3 is 10.5 Å². The average molecular weight is 315 g/mol. The molecule has 0 fully saturated rings. The first-order valence-electron chi connectivity index (χ1n) is 5.67. The van der Waals surface area contributed by atoms with Gasteiger partial charge in [-0.15, -0.1) is 0 Å². The van der Waals surface area contributed by atoms with E-state index in [1.54, 1.807) is 0 Å². The lowest BCUT2D eigenvalue weighted by atomic mass is 10.3. The third-order valence-electron chi connectivity index (χ3n) is 2.42. The fourth-order valence-electron chi connectivity index (χ4n) is 1.54. The molecule has 0 saturated carbocycles. The molecule has 1 heterocycles. The second kappa shape index (κ2) is 5.92. The maximum atomic E-state index is 12.1. The molecule has 0 amide bonds. The Morgan fingerprint density at radius 1 is 1.19 bits per heavy atom. The molecule has 0 saturated heterocycles. The van der Waals surface area contributed by atoms with E-state index in [-0.39, 0.29) is 22.2 Å². The standard InChI is InChI=1S/C12H11F2N3O3S/c13-12(14)20-9-5-3-8(4-6-9)17-21(18,19)10-2-1-7-16-11(10)15/h1-7,12,17H,(H2,15,16). The van der Waals surface area contributed by atoms with Crippen molar-refractivity contribution in [3.8, 4) is 5.75 Å². The van der Waals surface area contributed by atoms with E-state index < -0.39 is 16.6 Å². The third kappa shape index (κ3) is 3.78. The van der Waals surface area contributed by atoms with Gasteiger partial charge in [-0.3, -0.25) is 4.72 Å². The zero-order chi connectivity index (χ0) is 15.5. The summed E-state index contributed by atoms with van der Waals surface area (Å²) in [4.78, 5) is 3.52. The van der Waals surface area contributed by atoms with Crippen LogP contribution in [0, 0.1) is 0 Å². The van der Waals surface area contributed by atoms with Crippen LogP contribution in [-0.2, 0) is 10.0 Å². The summed E-state index contributed by atoms with van der Waals surface area (Å²) in [6.45, 7) is -2.94. The number of hydrogen-bond donors (Lipinski definition) is 2. The van der Waals surface area contributed by atoms with Crippen LogP contribution in [-0.4, -0.2) is 20.0 Å². The fraction of sp³-hybridized carbons (Fsp3) is 0.0833. The molecule has 0 spiro atoms. The Labute approximate surface area is 119 Å². The van der Waals surface area contributed by atoms with Gasteiger partial charge in [-0.1, -0.05) is 0 Å². The Kier molecular flexibility index (Phi) is 4.22. The minimum atomic E-state index is -3.91. The van der Waals surface area contributed by atoms with Crippen molar-refractivity contribution in [2.45, 2.75) is 11.5 Å². The van der Waals surface area contributed by atoms with Crippen LogP contribution in [0.2, 0.25) is 0 Å². The number of rotatable bonds is 5.